The van der Waals surface area contributed by atoms with Crippen molar-refractivity contribution >= 4 is 45.0 Å². The highest BCUT2D eigenvalue weighted by molar-refractivity contribution is 9.11. The molecule has 0 aliphatic carbocycles. The molecule has 8 heteroatoms. The molecule has 26 heavy (non-hydrogen) atoms. The predicted octanol–water partition coefficient (Wildman–Crippen LogP) is 2.41. The Kier molecular flexibility index (Phi) is 7.80. The van der Waals surface area contributed by atoms with E-state index in [1.165, 1.54) is 16.2 Å². The third-order valence-corrected chi connectivity index (χ3v) is 5.13. The number of hydrogen-bond acceptors (Lipinski definition) is 4. The van der Waals surface area contributed by atoms with Gasteiger partial charge in [0.05, 0.1) is 15.2 Å². The Balaban J connectivity index is 1.65. The second-order valence-corrected chi connectivity index (χ2v) is 8.09. The molecule has 6 nitrogen and oxygen atoms in total. The van der Waals surface area contributed by atoms with Gasteiger partial charge in [0.2, 0.25) is 11.8 Å². The SMILES string of the molecule is CN(CC(=O)NCCC(=O)NCc1ccccc1)C(=O)c1ccc(Br)s1. The average Bonchev–Trinajstić information content (AvgIpc) is 3.06. The number of carbonyl (C=O) groups excluding carboxylic acids is 3. The molecule has 2 aromatic rings. The molecule has 1 heterocycles. The van der Waals surface area contributed by atoms with Crippen molar-refractivity contribution in [3.05, 3.63) is 56.7 Å². The third kappa shape index (κ3) is 6.61. The summed E-state index contributed by atoms with van der Waals surface area (Å²) in [4.78, 5) is 37.8. The maximum absolute atomic E-state index is 12.2. The topological polar surface area (TPSA) is 78.5 Å². The van der Waals surface area contributed by atoms with Gasteiger partial charge < -0.3 is 15.5 Å². The fourth-order valence-corrected chi connectivity index (χ4v) is 3.54. The summed E-state index contributed by atoms with van der Waals surface area (Å²) in [5.41, 5.74) is 1.02. The standard InChI is InChI=1S/C18H20BrN3O3S/c1-22(18(25)14-7-8-15(19)26-14)12-17(24)20-10-9-16(23)21-11-13-5-3-2-4-6-13/h2-8H,9-12H2,1H3,(H,20,24)(H,21,23). The number of benzene rings is 1. The summed E-state index contributed by atoms with van der Waals surface area (Å²) in [6, 6.07) is 13.1. The smallest absolute Gasteiger partial charge is 0.264 e. The monoisotopic (exact) mass is 437 g/mol. The molecule has 2 rings (SSSR count). The average molecular weight is 438 g/mol. The Morgan fingerprint density at radius 3 is 2.42 bits per heavy atom. The van der Waals surface area contributed by atoms with Gasteiger partial charge in [-0.3, -0.25) is 14.4 Å². The van der Waals surface area contributed by atoms with Gasteiger partial charge in [0.1, 0.15) is 0 Å². The van der Waals surface area contributed by atoms with Crippen LogP contribution < -0.4 is 10.6 Å². The van der Waals surface area contributed by atoms with Crippen LogP contribution in [0.2, 0.25) is 0 Å². The Morgan fingerprint density at radius 1 is 1.04 bits per heavy atom. The van der Waals surface area contributed by atoms with E-state index in [0.29, 0.717) is 11.4 Å². The lowest BCUT2D eigenvalue weighted by Crippen LogP contribution is -2.39. The number of likely N-dealkylation sites (N-methyl/N-ethyl adjacent to an activating group) is 1. The summed E-state index contributed by atoms with van der Waals surface area (Å²) < 4.78 is 0.861. The van der Waals surface area contributed by atoms with Crippen molar-refractivity contribution in [3.63, 3.8) is 0 Å². The molecule has 0 radical (unpaired) electrons. The van der Waals surface area contributed by atoms with Crippen LogP contribution in [0.25, 0.3) is 0 Å². The summed E-state index contributed by atoms with van der Waals surface area (Å²) >= 11 is 4.62. The molecule has 0 saturated heterocycles. The molecule has 0 saturated carbocycles. The summed E-state index contributed by atoms with van der Waals surface area (Å²) in [5, 5.41) is 5.45. The van der Waals surface area contributed by atoms with Gasteiger partial charge in [-0.25, -0.2) is 0 Å². The first-order chi connectivity index (χ1) is 12.5. The highest BCUT2D eigenvalue weighted by atomic mass is 79.9. The Hall–Kier alpha value is -2.19. The fraction of sp³-hybridized carbons (Fsp3) is 0.278. The van der Waals surface area contributed by atoms with Crippen LogP contribution in [-0.2, 0) is 16.1 Å². The maximum atomic E-state index is 12.2. The highest BCUT2D eigenvalue weighted by Crippen LogP contribution is 2.22. The van der Waals surface area contributed by atoms with Crippen LogP contribution in [0.5, 0.6) is 0 Å². The molecule has 1 aromatic carbocycles. The number of rotatable bonds is 8. The van der Waals surface area contributed by atoms with Gasteiger partial charge in [0.25, 0.3) is 5.91 Å². The fourth-order valence-electron chi connectivity index (χ4n) is 2.16. The highest BCUT2D eigenvalue weighted by Gasteiger charge is 2.16. The van der Waals surface area contributed by atoms with Crippen molar-refractivity contribution in [1.29, 1.82) is 0 Å². The number of carbonyl (C=O) groups is 3. The zero-order chi connectivity index (χ0) is 18.9. The Bertz CT molecular complexity index is 764. The Labute approximate surface area is 164 Å². The second kappa shape index (κ2) is 10.1. The quantitative estimate of drug-likeness (QED) is 0.665. The van der Waals surface area contributed by atoms with Crippen LogP contribution in [-0.4, -0.2) is 42.8 Å². The molecule has 0 aliphatic heterocycles. The molecule has 0 aliphatic rings. The maximum Gasteiger partial charge on any atom is 0.264 e. The summed E-state index contributed by atoms with van der Waals surface area (Å²) in [6.07, 6.45) is 0.189. The van der Waals surface area contributed by atoms with E-state index in [0.717, 1.165) is 9.35 Å². The van der Waals surface area contributed by atoms with Crippen molar-refractivity contribution in [2.24, 2.45) is 0 Å². The molecule has 0 spiro atoms. The molecule has 0 fully saturated rings. The summed E-state index contributed by atoms with van der Waals surface area (Å²) in [6.45, 7) is 0.632. The third-order valence-electron chi connectivity index (χ3n) is 3.52. The largest absolute Gasteiger partial charge is 0.354 e. The van der Waals surface area contributed by atoms with Gasteiger partial charge in [-0.15, -0.1) is 11.3 Å². The van der Waals surface area contributed by atoms with Crippen molar-refractivity contribution in [3.8, 4) is 0 Å². The lowest BCUT2D eigenvalue weighted by atomic mass is 10.2. The van der Waals surface area contributed by atoms with E-state index in [9.17, 15) is 14.4 Å². The van der Waals surface area contributed by atoms with Crippen LogP contribution in [0.3, 0.4) is 0 Å². The van der Waals surface area contributed by atoms with Gasteiger partial charge in [0, 0.05) is 26.6 Å². The van der Waals surface area contributed by atoms with Gasteiger partial charge in [-0.1, -0.05) is 30.3 Å². The van der Waals surface area contributed by atoms with Gasteiger partial charge in [-0.2, -0.15) is 0 Å². The molecule has 138 valence electrons. The first-order valence-corrected chi connectivity index (χ1v) is 9.65. The first kappa shape index (κ1) is 20.1. The predicted molar refractivity (Wildman–Crippen MR) is 105 cm³/mol. The number of nitrogens with one attached hydrogen (secondary N) is 2. The molecular formula is C18H20BrN3O3S. The molecule has 2 N–H and O–H groups in total. The lowest BCUT2D eigenvalue weighted by Gasteiger charge is -2.15. The van der Waals surface area contributed by atoms with Crippen molar-refractivity contribution < 1.29 is 14.4 Å². The second-order valence-electron chi connectivity index (χ2n) is 5.63. The minimum atomic E-state index is -0.299. The van der Waals surface area contributed by atoms with Gasteiger partial charge >= 0.3 is 0 Å². The lowest BCUT2D eigenvalue weighted by molar-refractivity contribution is -0.122. The number of amides is 3. The molecule has 0 bridgehead atoms. The molecule has 1 aromatic heterocycles. The molecule has 3 amide bonds. The first-order valence-electron chi connectivity index (χ1n) is 8.04. The number of halogens is 1. The van der Waals surface area contributed by atoms with Crippen LogP contribution in [0, 0.1) is 0 Å². The summed E-state index contributed by atoms with van der Waals surface area (Å²) in [5.74, 6) is -0.647. The zero-order valence-corrected chi connectivity index (χ0v) is 16.7. The number of hydrogen-bond donors (Lipinski definition) is 2. The number of nitrogens with zero attached hydrogens (tertiary/aromatic N) is 1. The van der Waals surface area contributed by atoms with Gasteiger partial charge in [0.15, 0.2) is 0 Å². The minimum Gasteiger partial charge on any atom is -0.354 e. The number of thiophene rings is 1. The molecule has 0 unspecified atom stereocenters. The van der Waals surface area contributed by atoms with E-state index < -0.39 is 0 Å². The van der Waals surface area contributed by atoms with E-state index in [4.69, 9.17) is 0 Å². The van der Waals surface area contributed by atoms with E-state index in [2.05, 4.69) is 26.6 Å². The normalized spacial score (nSPS) is 10.2. The van der Waals surface area contributed by atoms with Crippen molar-refractivity contribution in [2.45, 2.75) is 13.0 Å². The van der Waals surface area contributed by atoms with E-state index in [-0.39, 0.29) is 37.2 Å². The van der Waals surface area contributed by atoms with Crippen molar-refractivity contribution in [1.82, 2.24) is 15.5 Å². The minimum absolute atomic E-state index is 0.0556. The van der Waals surface area contributed by atoms with Crippen LogP contribution in [0.15, 0.2) is 46.3 Å². The summed E-state index contributed by atoms with van der Waals surface area (Å²) in [7, 11) is 1.57. The van der Waals surface area contributed by atoms with E-state index in [1.807, 2.05) is 30.3 Å². The molecular weight excluding hydrogens is 418 g/mol. The van der Waals surface area contributed by atoms with Crippen LogP contribution in [0.1, 0.15) is 21.7 Å². The Morgan fingerprint density at radius 2 is 1.77 bits per heavy atom. The molecule has 0 atom stereocenters. The van der Waals surface area contributed by atoms with Crippen LogP contribution in [0.4, 0.5) is 0 Å². The van der Waals surface area contributed by atoms with E-state index in [1.54, 1.807) is 19.2 Å². The van der Waals surface area contributed by atoms with Crippen LogP contribution >= 0.6 is 27.3 Å². The zero-order valence-electron chi connectivity index (χ0n) is 14.3. The van der Waals surface area contributed by atoms with Crippen molar-refractivity contribution in [2.75, 3.05) is 20.1 Å². The van der Waals surface area contributed by atoms with E-state index >= 15 is 0 Å². The van der Waals surface area contributed by atoms with Gasteiger partial charge in [-0.05, 0) is 33.6 Å².